The molecule has 0 bridgehead atoms. The number of hydrogen-bond acceptors (Lipinski definition) is 4. The van der Waals surface area contributed by atoms with Gasteiger partial charge in [0.2, 0.25) is 5.91 Å². The van der Waals surface area contributed by atoms with Gasteiger partial charge in [0.1, 0.15) is 5.82 Å². The number of methoxy groups -OCH3 is 1. The molecular formula is C20H26N4O2. The first-order chi connectivity index (χ1) is 12.8. The van der Waals surface area contributed by atoms with Gasteiger partial charge in [0, 0.05) is 51.2 Å². The van der Waals surface area contributed by atoms with Crippen LogP contribution in [-0.4, -0.2) is 53.6 Å². The maximum Gasteiger partial charge on any atom is 0.228 e. The number of para-hydroxylation sites is 1. The van der Waals surface area contributed by atoms with Gasteiger partial charge in [0.25, 0.3) is 0 Å². The first-order valence-corrected chi connectivity index (χ1v) is 9.40. The third-order valence-corrected chi connectivity index (χ3v) is 5.56. The van der Waals surface area contributed by atoms with E-state index in [-0.39, 0.29) is 18.1 Å². The van der Waals surface area contributed by atoms with Gasteiger partial charge in [0.05, 0.1) is 12.1 Å². The molecule has 2 atom stereocenters. The molecule has 0 spiro atoms. The van der Waals surface area contributed by atoms with Gasteiger partial charge in [-0.25, -0.2) is 4.98 Å². The van der Waals surface area contributed by atoms with Crippen molar-refractivity contribution >= 4 is 11.6 Å². The number of aromatic amines is 1. The molecule has 0 aliphatic carbocycles. The van der Waals surface area contributed by atoms with E-state index in [1.807, 2.05) is 17.2 Å². The molecule has 3 heterocycles. The summed E-state index contributed by atoms with van der Waals surface area (Å²) in [6, 6.07) is 8.45. The SMILES string of the molecule is CO[C@@H]1CC(c2ncc[nH]2)N(CCC(=O)N2CCCc3ccccc32)C1. The van der Waals surface area contributed by atoms with E-state index in [0.717, 1.165) is 50.4 Å². The number of anilines is 1. The quantitative estimate of drug-likeness (QED) is 0.896. The number of ether oxygens (including phenoxy) is 1. The summed E-state index contributed by atoms with van der Waals surface area (Å²) in [4.78, 5) is 24.8. The van der Waals surface area contributed by atoms with E-state index >= 15 is 0 Å². The van der Waals surface area contributed by atoms with Crippen molar-refractivity contribution in [3.8, 4) is 0 Å². The van der Waals surface area contributed by atoms with Gasteiger partial charge in [-0.05, 0) is 30.9 Å². The monoisotopic (exact) mass is 354 g/mol. The van der Waals surface area contributed by atoms with Crippen LogP contribution in [0.5, 0.6) is 0 Å². The zero-order chi connectivity index (χ0) is 17.9. The number of amides is 1. The fraction of sp³-hybridized carbons (Fsp3) is 0.500. The zero-order valence-electron chi connectivity index (χ0n) is 15.2. The van der Waals surface area contributed by atoms with E-state index in [1.54, 1.807) is 13.3 Å². The van der Waals surface area contributed by atoms with Crippen LogP contribution in [0.4, 0.5) is 5.69 Å². The van der Waals surface area contributed by atoms with Crippen molar-refractivity contribution in [2.24, 2.45) is 0 Å². The molecule has 1 aromatic carbocycles. The Morgan fingerprint density at radius 2 is 2.27 bits per heavy atom. The average Bonchev–Trinajstić information content (AvgIpc) is 3.35. The highest BCUT2D eigenvalue weighted by molar-refractivity contribution is 5.94. The second kappa shape index (κ2) is 7.60. The fourth-order valence-electron chi connectivity index (χ4n) is 4.19. The topological polar surface area (TPSA) is 61.5 Å². The van der Waals surface area contributed by atoms with Crippen molar-refractivity contribution in [3.63, 3.8) is 0 Å². The Morgan fingerprint density at radius 1 is 1.38 bits per heavy atom. The Kier molecular flexibility index (Phi) is 5.04. The second-order valence-electron chi connectivity index (χ2n) is 7.11. The van der Waals surface area contributed by atoms with E-state index in [4.69, 9.17) is 4.74 Å². The average molecular weight is 354 g/mol. The van der Waals surface area contributed by atoms with Crippen molar-refractivity contribution < 1.29 is 9.53 Å². The Labute approximate surface area is 154 Å². The molecule has 4 rings (SSSR count). The third-order valence-electron chi connectivity index (χ3n) is 5.56. The summed E-state index contributed by atoms with van der Waals surface area (Å²) < 4.78 is 5.56. The molecule has 138 valence electrons. The number of nitrogens with zero attached hydrogens (tertiary/aromatic N) is 3. The summed E-state index contributed by atoms with van der Waals surface area (Å²) in [6.07, 6.45) is 7.34. The van der Waals surface area contributed by atoms with Crippen LogP contribution in [0.3, 0.4) is 0 Å². The molecule has 6 nitrogen and oxygen atoms in total. The summed E-state index contributed by atoms with van der Waals surface area (Å²) >= 11 is 0. The first kappa shape index (κ1) is 17.2. The van der Waals surface area contributed by atoms with E-state index in [9.17, 15) is 4.79 Å². The summed E-state index contributed by atoms with van der Waals surface area (Å²) in [5.74, 6) is 1.16. The van der Waals surface area contributed by atoms with E-state index in [2.05, 4.69) is 33.1 Å². The number of carbonyl (C=O) groups is 1. The number of H-pyrrole nitrogens is 1. The van der Waals surface area contributed by atoms with Crippen LogP contribution in [0.2, 0.25) is 0 Å². The molecule has 1 aromatic heterocycles. The van der Waals surface area contributed by atoms with Crippen LogP contribution in [-0.2, 0) is 16.0 Å². The smallest absolute Gasteiger partial charge is 0.228 e. The van der Waals surface area contributed by atoms with Gasteiger partial charge in [-0.3, -0.25) is 9.69 Å². The minimum atomic E-state index is 0.191. The zero-order valence-corrected chi connectivity index (χ0v) is 15.2. The van der Waals surface area contributed by atoms with Crippen LogP contribution < -0.4 is 4.90 Å². The molecule has 1 unspecified atom stereocenters. The van der Waals surface area contributed by atoms with Gasteiger partial charge in [-0.1, -0.05) is 18.2 Å². The molecule has 0 saturated carbocycles. The van der Waals surface area contributed by atoms with Crippen LogP contribution in [0.25, 0.3) is 0 Å². The number of hydrogen-bond donors (Lipinski definition) is 1. The third kappa shape index (κ3) is 3.39. The predicted molar refractivity (Wildman–Crippen MR) is 100 cm³/mol. The number of benzene rings is 1. The molecule has 26 heavy (non-hydrogen) atoms. The molecular weight excluding hydrogens is 328 g/mol. The number of rotatable bonds is 5. The van der Waals surface area contributed by atoms with Crippen LogP contribution in [0.15, 0.2) is 36.7 Å². The van der Waals surface area contributed by atoms with Gasteiger partial charge in [0.15, 0.2) is 0 Å². The van der Waals surface area contributed by atoms with Gasteiger partial charge in [-0.2, -0.15) is 0 Å². The fourth-order valence-corrected chi connectivity index (χ4v) is 4.19. The van der Waals surface area contributed by atoms with Gasteiger partial charge < -0.3 is 14.6 Å². The minimum absolute atomic E-state index is 0.191. The lowest BCUT2D eigenvalue weighted by molar-refractivity contribution is -0.119. The van der Waals surface area contributed by atoms with Crippen molar-refractivity contribution in [1.29, 1.82) is 0 Å². The maximum absolute atomic E-state index is 12.9. The van der Waals surface area contributed by atoms with E-state index in [0.29, 0.717) is 6.42 Å². The number of aromatic nitrogens is 2. The van der Waals surface area contributed by atoms with Crippen LogP contribution in [0, 0.1) is 0 Å². The Morgan fingerprint density at radius 3 is 3.08 bits per heavy atom. The molecule has 1 N–H and O–H groups in total. The number of nitrogens with one attached hydrogen (secondary N) is 1. The highest BCUT2D eigenvalue weighted by Crippen LogP contribution is 2.32. The Hall–Kier alpha value is -2.18. The van der Waals surface area contributed by atoms with Crippen molar-refractivity contribution in [2.75, 3.05) is 31.6 Å². The Balaban J connectivity index is 1.42. The lowest BCUT2D eigenvalue weighted by atomic mass is 10.0. The van der Waals surface area contributed by atoms with Crippen molar-refractivity contribution in [1.82, 2.24) is 14.9 Å². The molecule has 1 saturated heterocycles. The molecule has 1 fully saturated rings. The number of fused-ring (bicyclic) bond motifs is 1. The minimum Gasteiger partial charge on any atom is -0.380 e. The van der Waals surface area contributed by atoms with Crippen molar-refractivity contribution in [3.05, 3.63) is 48.0 Å². The molecule has 1 amide bonds. The lowest BCUT2D eigenvalue weighted by Crippen LogP contribution is -2.38. The van der Waals surface area contributed by atoms with Crippen LogP contribution in [0.1, 0.15) is 36.7 Å². The molecule has 2 aliphatic heterocycles. The first-order valence-electron chi connectivity index (χ1n) is 9.40. The maximum atomic E-state index is 12.9. The highest BCUT2D eigenvalue weighted by atomic mass is 16.5. The van der Waals surface area contributed by atoms with Gasteiger partial charge >= 0.3 is 0 Å². The number of imidazole rings is 1. The normalized spacial score (nSPS) is 23.2. The lowest BCUT2D eigenvalue weighted by Gasteiger charge is -2.30. The second-order valence-corrected chi connectivity index (χ2v) is 7.11. The van der Waals surface area contributed by atoms with Crippen molar-refractivity contribution in [2.45, 2.75) is 37.8 Å². The molecule has 2 aliphatic rings. The van der Waals surface area contributed by atoms with Gasteiger partial charge in [-0.15, -0.1) is 0 Å². The summed E-state index contributed by atoms with van der Waals surface area (Å²) in [5.41, 5.74) is 2.36. The number of carbonyl (C=O) groups excluding carboxylic acids is 1. The number of likely N-dealkylation sites (tertiary alicyclic amines) is 1. The summed E-state index contributed by atoms with van der Waals surface area (Å²) in [6.45, 7) is 2.38. The predicted octanol–water partition coefficient (Wildman–Crippen LogP) is 2.54. The van der Waals surface area contributed by atoms with Crippen LogP contribution >= 0.6 is 0 Å². The van der Waals surface area contributed by atoms with E-state index in [1.165, 1.54) is 5.56 Å². The highest BCUT2D eigenvalue weighted by Gasteiger charge is 2.35. The summed E-state index contributed by atoms with van der Waals surface area (Å²) in [7, 11) is 1.75. The van der Waals surface area contributed by atoms with E-state index < -0.39 is 0 Å². The standard InChI is InChI=1S/C20H26N4O2/c1-26-16-13-18(20-21-9-10-22-20)23(14-16)12-8-19(25)24-11-4-6-15-5-2-3-7-17(15)24/h2-3,5,7,9-10,16,18H,4,6,8,11-14H2,1H3,(H,21,22)/t16-,18?/m1/s1. The Bertz CT molecular complexity index is 746. The summed E-state index contributed by atoms with van der Waals surface area (Å²) in [5, 5.41) is 0. The molecule has 6 heteroatoms. The number of aryl methyl sites for hydroxylation is 1. The molecule has 2 aromatic rings. The molecule has 0 radical (unpaired) electrons. The largest absolute Gasteiger partial charge is 0.380 e.